The summed E-state index contributed by atoms with van der Waals surface area (Å²) in [6, 6.07) is 2.15. The van der Waals surface area contributed by atoms with Gasteiger partial charge < -0.3 is 0 Å². The van der Waals surface area contributed by atoms with Crippen molar-refractivity contribution < 1.29 is 4.57 Å². The maximum atomic E-state index is 8.43. The van der Waals surface area contributed by atoms with Gasteiger partial charge in [0.2, 0.25) is 0 Å². The van der Waals surface area contributed by atoms with Crippen LogP contribution in [0.4, 0.5) is 0 Å². The van der Waals surface area contributed by atoms with Crippen molar-refractivity contribution in [2.75, 3.05) is 0 Å². The second-order valence-electron chi connectivity index (χ2n) is 2.78. The molecule has 0 fully saturated rings. The van der Waals surface area contributed by atoms with E-state index in [-0.39, 0.29) is 0 Å². The summed E-state index contributed by atoms with van der Waals surface area (Å²) in [5, 5.41) is 8.43. The molecule has 1 rings (SSSR count). The fourth-order valence-electron chi connectivity index (χ4n) is 1.38. The summed E-state index contributed by atoms with van der Waals surface area (Å²) in [4.78, 5) is 0. The van der Waals surface area contributed by atoms with Crippen LogP contribution in [0.5, 0.6) is 0 Å². The van der Waals surface area contributed by atoms with Crippen molar-refractivity contribution in [1.29, 1.82) is 5.26 Å². The van der Waals surface area contributed by atoms with Crippen LogP contribution < -0.4 is 4.57 Å². The van der Waals surface area contributed by atoms with Crippen molar-refractivity contribution >= 4 is 0 Å². The average molecular weight is 164 g/mol. The standard InChI is InChI=1S/C9H14N3/c1-3-9-11(2)7-8-12(9)6-4-5-10/h7-8H,3-4,6H2,1-2H3/q+1. The molecule has 0 unspecified atom stereocenters. The molecule has 0 saturated heterocycles. The summed E-state index contributed by atoms with van der Waals surface area (Å²) >= 11 is 0. The first kappa shape index (κ1) is 8.79. The molecular formula is C9H14N3+. The van der Waals surface area contributed by atoms with Crippen molar-refractivity contribution in [1.82, 2.24) is 4.57 Å². The molecule has 1 aromatic heterocycles. The van der Waals surface area contributed by atoms with Gasteiger partial charge in [0.1, 0.15) is 18.9 Å². The van der Waals surface area contributed by atoms with Gasteiger partial charge in [0.25, 0.3) is 5.82 Å². The molecule has 0 aromatic carbocycles. The lowest BCUT2D eigenvalue weighted by atomic mass is 10.4. The molecule has 0 amide bonds. The molecule has 1 aromatic rings. The van der Waals surface area contributed by atoms with Crippen molar-refractivity contribution in [2.24, 2.45) is 7.05 Å². The van der Waals surface area contributed by atoms with Gasteiger partial charge in [0.15, 0.2) is 0 Å². The van der Waals surface area contributed by atoms with Crippen LogP contribution in [0.15, 0.2) is 12.4 Å². The summed E-state index contributed by atoms with van der Waals surface area (Å²) in [5.74, 6) is 1.27. The molecule has 0 aliphatic heterocycles. The number of nitriles is 1. The van der Waals surface area contributed by atoms with E-state index in [2.05, 4.69) is 22.1 Å². The van der Waals surface area contributed by atoms with Gasteiger partial charge in [-0.25, -0.2) is 9.13 Å². The largest absolute Gasteiger partial charge is 0.255 e. The quantitative estimate of drug-likeness (QED) is 0.608. The van der Waals surface area contributed by atoms with Crippen LogP contribution in [0.3, 0.4) is 0 Å². The number of aromatic nitrogens is 2. The van der Waals surface area contributed by atoms with E-state index < -0.39 is 0 Å². The van der Waals surface area contributed by atoms with Crippen LogP contribution in [0, 0.1) is 11.3 Å². The lowest BCUT2D eigenvalue weighted by molar-refractivity contribution is -0.678. The van der Waals surface area contributed by atoms with Gasteiger partial charge in [0.05, 0.1) is 19.5 Å². The summed E-state index contributed by atoms with van der Waals surface area (Å²) in [6.07, 6.45) is 5.64. The third-order valence-corrected chi connectivity index (χ3v) is 1.99. The van der Waals surface area contributed by atoms with Gasteiger partial charge >= 0.3 is 0 Å². The summed E-state index contributed by atoms with van der Waals surface area (Å²) < 4.78 is 4.22. The molecular weight excluding hydrogens is 150 g/mol. The Morgan fingerprint density at radius 3 is 3.00 bits per heavy atom. The fourth-order valence-corrected chi connectivity index (χ4v) is 1.38. The van der Waals surface area contributed by atoms with Gasteiger partial charge in [-0.1, -0.05) is 6.92 Å². The number of hydrogen-bond donors (Lipinski definition) is 0. The number of hydrogen-bond acceptors (Lipinski definition) is 1. The van der Waals surface area contributed by atoms with E-state index in [1.807, 2.05) is 19.4 Å². The first-order valence-corrected chi connectivity index (χ1v) is 4.20. The van der Waals surface area contributed by atoms with Gasteiger partial charge in [-0.05, 0) is 0 Å². The maximum absolute atomic E-state index is 8.43. The zero-order valence-electron chi connectivity index (χ0n) is 7.62. The molecule has 0 aliphatic rings. The van der Waals surface area contributed by atoms with E-state index in [0.29, 0.717) is 6.42 Å². The van der Waals surface area contributed by atoms with E-state index in [1.54, 1.807) is 0 Å². The van der Waals surface area contributed by atoms with Crippen LogP contribution in [0.2, 0.25) is 0 Å². The lowest BCUT2D eigenvalue weighted by Gasteiger charge is -1.96. The smallest absolute Gasteiger partial charge is 0.237 e. The Bertz CT molecular complexity index is 293. The first-order valence-electron chi connectivity index (χ1n) is 4.20. The summed E-state index contributed by atoms with van der Waals surface area (Å²) in [6.45, 7) is 2.93. The topological polar surface area (TPSA) is 32.6 Å². The predicted molar refractivity (Wildman–Crippen MR) is 45.2 cm³/mol. The molecule has 0 bridgehead atoms. The van der Waals surface area contributed by atoms with Gasteiger partial charge in [0, 0.05) is 6.42 Å². The minimum absolute atomic E-state index is 0.585. The average Bonchev–Trinajstić information content (AvgIpc) is 2.43. The van der Waals surface area contributed by atoms with Crippen molar-refractivity contribution in [3.8, 4) is 6.07 Å². The van der Waals surface area contributed by atoms with Gasteiger partial charge in [-0.3, -0.25) is 0 Å². The fraction of sp³-hybridized carbons (Fsp3) is 0.556. The second kappa shape index (κ2) is 3.91. The Kier molecular flexibility index (Phi) is 2.87. The third kappa shape index (κ3) is 1.65. The third-order valence-electron chi connectivity index (χ3n) is 1.99. The molecule has 0 radical (unpaired) electrons. The number of rotatable bonds is 3. The molecule has 0 spiro atoms. The molecule has 3 heteroatoms. The first-order chi connectivity index (χ1) is 5.79. The molecule has 1 heterocycles. The summed E-state index contributed by atoms with van der Waals surface area (Å²) in [5.41, 5.74) is 0. The zero-order chi connectivity index (χ0) is 8.97. The lowest BCUT2D eigenvalue weighted by Crippen LogP contribution is -2.31. The monoisotopic (exact) mass is 164 g/mol. The Balaban J connectivity index is 2.78. The van der Waals surface area contributed by atoms with E-state index in [9.17, 15) is 0 Å². The minimum Gasteiger partial charge on any atom is -0.237 e. The van der Waals surface area contributed by atoms with Crippen molar-refractivity contribution in [3.63, 3.8) is 0 Å². The van der Waals surface area contributed by atoms with Crippen molar-refractivity contribution in [2.45, 2.75) is 26.3 Å². The molecule has 12 heavy (non-hydrogen) atoms. The Hall–Kier alpha value is -1.30. The van der Waals surface area contributed by atoms with Crippen LogP contribution in [0.25, 0.3) is 0 Å². The van der Waals surface area contributed by atoms with Gasteiger partial charge in [-0.15, -0.1) is 0 Å². The van der Waals surface area contributed by atoms with Crippen LogP contribution in [-0.4, -0.2) is 4.57 Å². The predicted octanol–water partition coefficient (Wildman–Crippen LogP) is 0.789. The molecule has 64 valence electrons. The minimum atomic E-state index is 0.585. The highest BCUT2D eigenvalue weighted by Gasteiger charge is 2.10. The Morgan fingerprint density at radius 2 is 2.42 bits per heavy atom. The normalized spacial score (nSPS) is 9.75. The van der Waals surface area contributed by atoms with E-state index >= 15 is 0 Å². The second-order valence-corrected chi connectivity index (χ2v) is 2.78. The van der Waals surface area contributed by atoms with Crippen LogP contribution in [-0.2, 0) is 20.0 Å². The highest BCUT2D eigenvalue weighted by molar-refractivity contribution is 4.84. The zero-order valence-corrected chi connectivity index (χ0v) is 7.62. The van der Waals surface area contributed by atoms with Crippen molar-refractivity contribution in [3.05, 3.63) is 18.2 Å². The van der Waals surface area contributed by atoms with Gasteiger partial charge in [-0.2, -0.15) is 5.26 Å². The van der Waals surface area contributed by atoms with Crippen LogP contribution in [0.1, 0.15) is 19.2 Å². The number of imidazole rings is 1. The highest BCUT2D eigenvalue weighted by atomic mass is 15.1. The molecule has 0 saturated carbocycles. The van der Waals surface area contributed by atoms with E-state index in [1.165, 1.54) is 5.82 Å². The molecule has 3 nitrogen and oxygen atoms in total. The van der Waals surface area contributed by atoms with E-state index in [0.717, 1.165) is 13.0 Å². The Morgan fingerprint density at radius 1 is 1.67 bits per heavy atom. The van der Waals surface area contributed by atoms with E-state index in [4.69, 9.17) is 5.26 Å². The maximum Gasteiger partial charge on any atom is 0.255 e. The molecule has 0 N–H and O–H groups in total. The molecule has 0 atom stereocenters. The molecule has 0 aliphatic carbocycles. The number of nitrogens with zero attached hydrogens (tertiary/aromatic N) is 3. The highest BCUT2D eigenvalue weighted by Crippen LogP contribution is 1.97. The Labute approximate surface area is 72.9 Å². The SMILES string of the molecule is CCc1n(CCC#N)cc[n+]1C. The number of aryl methyl sites for hydroxylation is 2. The summed E-state index contributed by atoms with van der Waals surface area (Å²) in [7, 11) is 2.03. The van der Waals surface area contributed by atoms with Crippen LogP contribution >= 0.6 is 0 Å².